The van der Waals surface area contributed by atoms with E-state index < -0.39 is 19.2 Å². The zero-order valence-corrected chi connectivity index (χ0v) is 16.3. The van der Waals surface area contributed by atoms with Crippen LogP contribution in [-0.2, 0) is 9.98 Å². The van der Waals surface area contributed by atoms with Crippen molar-refractivity contribution in [3.63, 3.8) is 0 Å². The van der Waals surface area contributed by atoms with Crippen molar-refractivity contribution in [3.05, 3.63) is 29.3 Å². The lowest BCUT2D eigenvalue weighted by Gasteiger charge is -2.57. The molecular formula is C20H27F2O4P. The van der Waals surface area contributed by atoms with E-state index in [0.29, 0.717) is 29.7 Å². The Morgan fingerprint density at radius 1 is 1.00 bits per heavy atom. The van der Waals surface area contributed by atoms with Crippen molar-refractivity contribution >= 4 is 7.60 Å². The molecule has 27 heavy (non-hydrogen) atoms. The predicted molar refractivity (Wildman–Crippen MR) is 97.8 cm³/mol. The topological polar surface area (TPSA) is 66.8 Å². The fourth-order valence-electron chi connectivity index (χ4n) is 6.10. The molecule has 5 rings (SSSR count). The molecule has 0 atom stereocenters. The Morgan fingerprint density at radius 2 is 1.59 bits per heavy atom. The second-order valence-electron chi connectivity index (χ2n) is 8.88. The van der Waals surface area contributed by atoms with Crippen LogP contribution in [0.3, 0.4) is 0 Å². The second kappa shape index (κ2) is 7.13. The van der Waals surface area contributed by atoms with Gasteiger partial charge in [0, 0.05) is 6.16 Å². The highest BCUT2D eigenvalue weighted by Crippen LogP contribution is 2.61. The minimum atomic E-state index is -4.02. The van der Waals surface area contributed by atoms with E-state index in [0.717, 1.165) is 19.3 Å². The fourth-order valence-corrected chi connectivity index (χ4v) is 6.73. The van der Waals surface area contributed by atoms with E-state index >= 15 is 0 Å². The zero-order valence-electron chi connectivity index (χ0n) is 15.4. The first-order chi connectivity index (χ1) is 12.8. The van der Waals surface area contributed by atoms with Crippen molar-refractivity contribution in [1.29, 1.82) is 0 Å². The molecule has 1 aromatic rings. The molecule has 0 radical (unpaired) electrons. The second-order valence-corrected chi connectivity index (χ2v) is 10.7. The molecule has 0 amide bonds. The lowest BCUT2D eigenvalue weighted by Crippen LogP contribution is -2.49. The molecule has 0 aliphatic heterocycles. The van der Waals surface area contributed by atoms with Crippen LogP contribution < -0.4 is 4.74 Å². The van der Waals surface area contributed by atoms with Gasteiger partial charge in [-0.2, -0.15) is 4.39 Å². The standard InChI is InChI=1S/C20H27F2O4P/c21-18-16(20-10-13-7-14(11-20)9-15(8-13)12-20)3-4-17(19(18)22)26-5-1-2-6-27(23,24)25/h3-4,13-15H,1-2,5-12H2,(H2,23,24,25). The molecule has 0 saturated heterocycles. The maximum Gasteiger partial charge on any atom is 0.325 e. The SMILES string of the molecule is O=P(O)(O)CCCCOc1ccc(C23CC4CC(CC(C4)C2)C3)c(F)c1F. The Labute approximate surface area is 158 Å². The molecule has 4 bridgehead atoms. The van der Waals surface area contributed by atoms with Crippen LogP contribution in [0, 0.1) is 29.4 Å². The summed E-state index contributed by atoms with van der Waals surface area (Å²) < 4.78 is 45.7. The van der Waals surface area contributed by atoms with Crippen molar-refractivity contribution in [2.75, 3.05) is 12.8 Å². The van der Waals surface area contributed by atoms with E-state index in [1.807, 2.05) is 0 Å². The molecule has 0 heterocycles. The summed E-state index contributed by atoms with van der Waals surface area (Å²) in [6.07, 6.45) is 7.09. The molecular weight excluding hydrogens is 373 g/mol. The van der Waals surface area contributed by atoms with Crippen LogP contribution in [0.4, 0.5) is 8.78 Å². The van der Waals surface area contributed by atoms with Crippen LogP contribution in [0.5, 0.6) is 5.75 Å². The minimum absolute atomic E-state index is 0.104. The highest BCUT2D eigenvalue weighted by Gasteiger charge is 2.52. The van der Waals surface area contributed by atoms with E-state index in [1.54, 1.807) is 6.07 Å². The van der Waals surface area contributed by atoms with Crippen molar-refractivity contribution < 1.29 is 27.9 Å². The third kappa shape index (κ3) is 3.94. The summed E-state index contributed by atoms with van der Waals surface area (Å²) in [5.41, 5.74) is 0.315. The van der Waals surface area contributed by atoms with Gasteiger partial charge in [0.15, 0.2) is 11.6 Å². The van der Waals surface area contributed by atoms with Gasteiger partial charge in [0.05, 0.1) is 6.61 Å². The third-order valence-electron chi connectivity index (χ3n) is 6.76. The molecule has 150 valence electrons. The smallest absolute Gasteiger partial charge is 0.325 e. The first-order valence-electron chi connectivity index (χ1n) is 9.92. The van der Waals surface area contributed by atoms with Gasteiger partial charge in [0.25, 0.3) is 0 Å². The fraction of sp³-hybridized carbons (Fsp3) is 0.700. The average molecular weight is 400 g/mol. The number of ether oxygens (including phenoxy) is 1. The lowest BCUT2D eigenvalue weighted by atomic mass is 9.48. The van der Waals surface area contributed by atoms with Gasteiger partial charge in [-0.05, 0) is 86.2 Å². The Bertz CT molecular complexity index is 725. The molecule has 4 aliphatic rings. The summed E-state index contributed by atoms with van der Waals surface area (Å²) in [4.78, 5) is 17.6. The largest absolute Gasteiger partial charge is 0.490 e. The molecule has 0 spiro atoms. The number of hydrogen-bond acceptors (Lipinski definition) is 2. The summed E-state index contributed by atoms with van der Waals surface area (Å²) in [5.74, 6) is 0.149. The first-order valence-corrected chi connectivity index (χ1v) is 11.7. The summed E-state index contributed by atoms with van der Waals surface area (Å²) in [6, 6.07) is 3.23. The summed E-state index contributed by atoms with van der Waals surface area (Å²) in [5, 5.41) is 0. The first kappa shape index (κ1) is 19.4. The van der Waals surface area contributed by atoms with Crippen LogP contribution in [0.25, 0.3) is 0 Å². The molecule has 7 heteroatoms. The van der Waals surface area contributed by atoms with E-state index in [9.17, 15) is 13.3 Å². The van der Waals surface area contributed by atoms with E-state index in [2.05, 4.69) is 0 Å². The highest BCUT2D eigenvalue weighted by atomic mass is 31.2. The quantitative estimate of drug-likeness (QED) is 0.511. The van der Waals surface area contributed by atoms with Crippen molar-refractivity contribution in [2.24, 2.45) is 17.8 Å². The van der Waals surface area contributed by atoms with Gasteiger partial charge in [-0.25, -0.2) is 4.39 Å². The van der Waals surface area contributed by atoms with E-state index in [4.69, 9.17) is 14.5 Å². The highest BCUT2D eigenvalue weighted by molar-refractivity contribution is 7.51. The number of rotatable bonds is 7. The molecule has 1 aromatic carbocycles. The molecule has 2 N–H and O–H groups in total. The summed E-state index contributed by atoms with van der Waals surface area (Å²) >= 11 is 0. The lowest BCUT2D eigenvalue weighted by molar-refractivity contribution is -0.00708. The molecule has 4 nitrogen and oxygen atoms in total. The van der Waals surface area contributed by atoms with Gasteiger partial charge < -0.3 is 14.5 Å². The Morgan fingerprint density at radius 3 is 2.15 bits per heavy atom. The molecule has 4 aliphatic carbocycles. The zero-order chi connectivity index (χ0) is 19.2. The summed E-state index contributed by atoms with van der Waals surface area (Å²) in [6.45, 7) is 0.104. The minimum Gasteiger partial charge on any atom is -0.490 e. The van der Waals surface area contributed by atoms with Gasteiger partial charge in [0.2, 0.25) is 5.82 Å². The molecule has 0 aromatic heterocycles. The summed E-state index contributed by atoms with van der Waals surface area (Å²) in [7, 11) is -4.02. The maximum absolute atomic E-state index is 14.9. The third-order valence-corrected chi connectivity index (χ3v) is 7.66. The Kier molecular flexibility index (Phi) is 5.11. The van der Waals surface area contributed by atoms with Crippen LogP contribution in [0.1, 0.15) is 56.9 Å². The molecule has 0 unspecified atom stereocenters. The molecule has 4 fully saturated rings. The van der Waals surface area contributed by atoms with Crippen molar-refractivity contribution in [1.82, 2.24) is 0 Å². The van der Waals surface area contributed by atoms with Crippen molar-refractivity contribution in [3.8, 4) is 5.75 Å². The van der Waals surface area contributed by atoms with Gasteiger partial charge in [-0.3, -0.25) is 4.57 Å². The number of halogens is 2. The number of benzene rings is 1. The van der Waals surface area contributed by atoms with Crippen LogP contribution >= 0.6 is 7.60 Å². The van der Waals surface area contributed by atoms with Crippen molar-refractivity contribution in [2.45, 2.75) is 56.8 Å². The Balaban J connectivity index is 1.44. The molecule has 4 saturated carbocycles. The van der Waals surface area contributed by atoms with Gasteiger partial charge in [-0.1, -0.05) is 6.07 Å². The average Bonchev–Trinajstić information content (AvgIpc) is 2.56. The monoisotopic (exact) mass is 400 g/mol. The predicted octanol–water partition coefficient (Wildman–Crippen LogP) is 4.77. The van der Waals surface area contributed by atoms with E-state index in [-0.39, 0.29) is 30.4 Å². The van der Waals surface area contributed by atoms with Crippen LogP contribution in [-0.4, -0.2) is 22.6 Å². The number of hydrogen-bond donors (Lipinski definition) is 2. The number of unbranched alkanes of at least 4 members (excludes halogenated alkanes) is 1. The van der Waals surface area contributed by atoms with Crippen LogP contribution in [0.15, 0.2) is 12.1 Å². The normalized spacial score (nSPS) is 32.1. The van der Waals surface area contributed by atoms with E-state index in [1.165, 1.54) is 25.3 Å². The van der Waals surface area contributed by atoms with Gasteiger partial charge in [-0.15, -0.1) is 0 Å². The van der Waals surface area contributed by atoms with Gasteiger partial charge >= 0.3 is 7.60 Å². The van der Waals surface area contributed by atoms with Crippen LogP contribution in [0.2, 0.25) is 0 Å². The van der Waals surface area contributed by atoms with Gasteiger partial charge in [0.1, 0.15) is 0 Å². The maximum atomic E-state index is 14.9. The Hall–Kier alpha value is -0.970.